The number of thioether (sulfide) groups is 1. The number of nitrogens with one attached hydrogen (secondary N) is 1. The summed E-state index contributed by atoms with van der Waals surface area (Å²) in [5.74, 6) is -1.13. The molecule has 1 rings (SSSR count). The van der Waals surface area contributed by atoms with E-state index in [1.807, 2.05) is 13.0 Å². The molecule has 0 aliphatic rings. The van der Waals surface area contributed by atoms with Crippen molar-refractivity contribution in [1.29, 1.82) is 0 Å². The summed E-state index contributed by atoms with van der Waals surface area (Å²) in [6.07, 6.45) is 5.51. The number of hydrogen-bond acceptors (Lipinski definition) is 3. The van der Waals surface area contributed by atoms with E-state index >= 15 is 0 Å². The van der Waals surface area contributed by atoms with E-state index in [9.17, 15) is 9.59 Å². The first-order valence-electron chi connectivity index (χ1n) is 6.76. The molecular formula is C16H21NO3S. The summed E-state index contributed by atoms with van der Waals surface area (Å²) in [6.45, 7) is 4.62. The second-order valence-corrected chi connectivity index (χ2v) is 6.11. The summed E-state index contributed by atoms with van der Waals surface area (Å²) in [5, 5.41) is 12.0. The third-order valence-corrected chi connectivity index (χ3v) is 4.20. The van der Waals surface area contributed by atoms with Crippen molar-refractivity contribution in [3.05, 3.63) is 41.0 Å². The van der Waals surface area contributed by atoms with Gasteiger partial charge in [0.25, 0.3) is 5.91 Å². The van der Waals surface area contributed by atoms with Crippen LogP contribution in [0.3, 0.4) is 0 Å². The van der Waals surface area contributed by atoms with E-state index in [4.69, 9.17) is 5.11 Å². The number of aryl methyl sites for hydroxylation is 1. The minimum absolute atomic E-state index is 0.119. The molecule has 0 saturated carbocycles. The number of carboxylic acid groups (broad SMARTS) is 1. The lowest BCUT2D eigenvalue weighted by Gasteiger charge is -2.11. The molecule has 0 aliphatic heterocycles. The molecule has 1 atom stereocenters. The SMILES string of the molecule is CSC(C)CCNC(=O)c1cc(/C=C/C(=O)O)ccc1C. The van der Waals surface area contributed by atoms with E-state index in [1.54, 1.807) is 23.9 Å². The van der Waals surface area contributed by atoms with Gasteiger partial charge in [-0.3, -0.25) is 4.79 Å². The van der Waals surface area contributed by atoms with Crippen LogP contribution in [0.25, 0.3) is 6.08 Å². The fraction of sp³-hybridized carbons (Fsp3) is 0.375. The summed E-state index contributed by atoms with van der Waals surface area (Å²) >= 11 is 1.77. The van der Waals surface area contributed by atoms with Crippen molar-refractivity contribution < 1.29 is 14.7 Å². The van der Waals surface area contributed by atoms with E-state index in [2.05, 4.69) is 18.5 Å². The minimum Gasteiger partial charge on any atom is -0.478 e. The second-order valence-electron chi connectivity index (χ2n) is 4.84. The normalized spacial score (nSPS) is 12.3. The zero-order valence-electron chi connectivity index (χ0n) is 12.6. The van der Waals surface area contributed by atoms with Crippen LogP contribution in [-0.4, -0.2) is 35.0 Å². The Hall–Kier alpha value is -1.75. The Morgan fingerprint density at radius 1 is 1.43 bits per heavy atom. The number of carbonyl (C=O) groups excluding carboxylic acids is 1. The highest BCUT2D eigenvalue weighted by Gasteiger charge is 2.09. The highest BCUT2D eigenvalue weighted by molar-refractivity contribution is 7.99. The van der Waals surface area contributed by atoms with Gasteiger partial charge in [0.1, 0.15) is 0 Å². The van der Waals surface area contributed by atoms with Gasteiger partial charge < -0.3 is 10.4 Å². The van der Waals surface area contributed by atoms with Gasteiger partial charge in [0.2, 0.25) is 0 Å². The molecule has 1 aromatic carbocycles. The van der Waals surface area contributed by atoms with Crippen LogP contribution in [-0.2, 0) is 4.79 Å². The highest BCUT2D eigenvalue weighted by atomic mass is 32.2. The van der Waals surface area contributed by atoms with Gasteiger partial charge in [-0.1, -0.05) is 19.1 Å². The van der Waals surface area contributed by atoms with Gasteiger partial charge in [-0.15, -0.1) is 0 Å². The van der Waals surface area contributed by atoms with E-state index in [1.165, 1.54) is 6.08 Å². The lowest BCUT2D eigenvalue weighted by Crippen LogP contribution is -2.26. The van der Waals surface area contributed by atoms with Crippen molar-refractivity contribution in [1.82, 2.24) is 5.32 Å². The minimum atomic E-state index is -1.01. The molecular weight excluding hydrogens is 286 g/mol. The number of carboxylic acids is 1. The Morgan fingerprint density at radius 2 is 2.14 bits per heavy atom. The maximum Gasteiger partial charge on any atom is 0.328 e. The average molecular weight is 307 g/mol. The molecule has 5 heteroatoms. The Kier molecular flexibility index (Phi) is 7.02. The standard InChI is InChI=1S/C16H21NO3S/c1-11-4-5-13(6-7-15(18)19)10-14(11)16(20)17-9-8-12(2)21-3/h4-7,10,12H,8-9H2,1-3H3,(H,17,20)(H,18,19)/b7-6+. The predicted molar refractivity (Wildman–Crippen MR) is 87.8 cm³/mol. The van der Waals surface area contributed by atoms with Crippen LogP contribution in [0.15, 0.2) is 24.3 Å². The second kappa shape index (κ2) is 8.52. The summed E-state index contributed by atoms with van der Waals surface area (Å²) in [6, 6.07) is 5.32. The smallest absolute Gasteiger partial charge is 0.328 e. The van der Waals surface area contributed by atoms with Crippen LogP contribution in [0.2, 0.25) is 0 Å². The molecule has 0 radical (unpaired) electrons. The Labute approximate surface area is 129 Å². The largest absolute Gasteiger partial charge is 0.478 e. The molecule has 0 aliphatic carbocycles. The van der Waals surface area contributed by atoms with Crippen molar-refractivity contribution in [2.75, 3.05) is 12.8 Å². The van der Waals surface area contributed by atoms with Crippen LogP contribution in [0.4, 0.5) is 0 Å². The molecule has 2 N–H and O–H groups in total. The maximum absolute atomic E-state index is 12.2. The third-order valence-electron chi connectivity index (χ3n) is 3.16. The Bertz CT molecular complexity index is 540. The molecule has 0 bridgehead atoms. The molecule has 1 unspecified atom stereocenters. The van der Waals surface area contributed by atoms with Crippen LogP contribution >= 0.6 is 11.8 Å². The molecule has 0 saturated heterocycles. The third kappa shape index (κ3) is 6.04. The number of rotatable bonds is 7. The van der Waals surface area contributed by atoms with E-state index in [-0.39, 0.29) is 5.91 Å². The lowest BCUT2D eigenvalue weighted by atomic mass is 10.0. The van der Waals surface area contributed by atoms with Crippen molar-refractivity contribution >= 4 is 29.7 Å². The summed E-state index contributed by atoms with van der Waals surface area (Å²) < 4.78 is 0. The summed E-state index contributed by atoms with van der Waals surface area (Å²) in [4.78, 5) is 22.7. The average Bonchev–Trinajstić information content (AvgIpc) is 2.45. The molecule has 1 amide bonds. The first-order valence-corrected chi connectivity index (χ1v) is 8.05. The van der Waals surface area contributed by atoms with Gasteiger partial charge in [0, 0.05) is 23.4 Å². The molecule has 0 aromatic heterocycles. The summed E-state index contributed by atoms with van der Waals surface area (Å²) in [7, 11) is 0. The van der Waals surface area contributed by atoms with Crippen molar-refractivity contribution in [3.8, 4) is 0 Å². The topological polar surface area (TPSA) is 66.4 Å². The molecule has 21 heavy (non-hydrogen) atoms. The van der Waals surface area contributed by atoms with Crippen molar-refractivity contribution in [2.24, 2.45) is 0 Å². The number of hydrogen-bond donors (Lipinski definition) is 2. The zero-order chi connectivity index (χ0) is 15.8. The van der Waals surface area contributed by atoms with E-state index in [0.29, 0.717) is 22.9 Å². The zero-order valence-corrected chi connectivity index (χ0v) is 13.4. The van der Waals surface area contributed by atoms with Gasteiger partial charge in [-0.2, -0.15) is 11.8 Å². The molecule has 1 aromatic rings. The number of amides is 1. The molecule has 114 valence electrons. The quantitative estimate of drug-likeness (QED) is 0.760. The Balaban J connectivity index is 2.74. The van der Waals surface area contributed by atoms with Gasteiger partial charge in [0.15, 0.2) is 0 Å². The van der Waals surface area contributed by atoms with Crippen molar-refractivity contribution in [3.63, 3.8) is 0 Å². The van der Waals surface area contributed by atoms with E-state index in [0.717, 1.165) is 18.1 Å². The predicted octanol–water partition coefficient (Wildman–Crippen LogP) is 2.96. The van der Waals surface area contributed by atoms with Gasteiger partial charge in [-0.05, 0) is 42.9 Å². The first-order chi connectivity index (χ1) is 9.93. The number of aliphatic carboxylic acids is 1. The number of carbonyl (C=O) groups is 2. The van der Waals surface area contributed by atoms with E-state index < -0.39 is 5.97 Å². The highest BCUT2D eigenvalue weighted by Crippen LogP contribution is 2.13. The Morgan fingerprint density at radius 3 is 2.76 bits per heavy atom. The summed E-state index contributed by atoms with van der Waals surface area (Å²) in [5.41, 5.74) is 2.16. The van der Waals surface area contributed by atoms with Gasteiger partial charge in [-0.25, -0.2) is 4.79 Å². The van der Waals surface area contributed by atoms with Gasteiger partial charge in [0.05, 0.1) is 0 Å². The molecule has 4 nitrogen and oxygen atoms in total. The van der Waals surface area contributed by atoms with Crippen LogP contribution in [0.5, 0.6) is 0 Å². The van der Waals surface area contributed by atoms with Gasteiger partial charge >= 0.3 is 5.97 Å². The fourth-order valence-electron chi connectivity index (χ4n) is 1.76. The van der Waals surface area contributed by atoms with Crippen LogP contribution in [0.1, 0.15) is 34.8 Å². The molecule has 0 heterocycles. The van der Waals surface area contributed by atoms with Crippen LogP contribution in [0, 0.1) is 6.92 Å². The van der Waals surface area contributed by atoms with Crippen molar-refractivity contribution in [2.45, 2.75) is 25.5 Å². The fourth-order valence-corrected chi connectivity index (χ4v) is 2.11. The molecule has 0 fully saturated rings. The first kappa shape index (κ1) is 17.3. The van der Waals surface area contributed by atoms with Crippen LogP contribution < -0.4 is 5.32 Å². The lowest BCUT2D eigenvalue weighted by molar-refractivity contribution is -0.131. The molecule has 0 spiro atoms. The monoisotopic (exact) mass is 307 g/mol. The maximum atomic E-state index is 12.2. The number of benzene rings is 1.